The first-order valence-electron chi connectivity index (χ1n) is 7.91. The first-order valence-corrected chi connectivity index (χ1v) is 9.35. The van der Waals surface area contributed by atoms with Crippen molar-refractivity contribution in [2.45, 2.75) is 58.9 Å². The number of rotatable bonds is 3. The van der Waals surface area contributed by atoms with E-state index in [2.05, 4.69) is 6.92 Å². The lowest BCUT2D eigenvalue weighted by Crippen LogP contribution is -2.33. The van der Waals surface area contributed by atoms with E-state index < -0.39 is 10.0 Å². The van der Waals surface area contributed by atoms with Crippen LogP contribution in [0.4, 0.5) is 0 Å². The minimum absolute atomic E-state index is 0. The molecule has 2 rings (SSSR count). The van der Waals surface area contributed by atoms with Crippen molar-refractivity contribution in [2.75, 3.05) is 13.1 Å². The minimum Gasteiger partial charge on any atom is -0.328 e. The van der Waals surface area contributed by atoms with Crippen LogP contribution in [0.25, 0.3) is 0 Å². The highest BCUT2D eigenvalue weighted by Gasteiger charge is 2.36. The summed E-state index contributed by atoms with van der Waals surface area (Å²) < 4.78 is 27.9. The largest absolute Gasteiger partial charge is 0.328 e. The molecule has 0 bridgehead atoms. The summed E-state index contributed by atoms with van der Waals surface area (Å²) in [5, 5.41) is 0. The van der Waals surface area contributed by atoms with Gasteiger partial charge < -0.3 is 5.73 Å². The minimum atomic E-state index is -3.45. The number of hydrogen-bond donors (Lipinski definition) is 1. The summed E-state index contributed by atoms with van der Waals surface area (Å²) in [5.74, 6) is 0.253. The Kier molecular flexibility index (Phi) is 6.30. The summed E-state index contributed by atoms with van der Waals surface area (Å²) in [6.07, 6.45) is 0.846. The highest BCUT2D eigenvalue weighted by Crippen LogP contribution is 2.33. The first-order chi connectivity index (χ1) is 10.1. The molecule has 0 saturated carbocycles. The molecule has 23 heavy (non-hydrogen) atoms. The highest BCUT2D eigenvalue weighted by molar-refractivity contribution is 7.89. The van der Waals surface area contributed by atoms with Crippen molar-refractivity contribution in [3.63, 3.8) is 0 Å². The van der Waals surface area contributed by atoms with Gasteiger partial charge in [-0.05, 0) is 81.7 Å². The summed E-state index contributed by atoms with van der Waals surface area (Å²) in [7, 11) is -3.45. The van der Waals surface area contributed by atoms with E-state index in [1.165, 1.54) is 5.56 Å². The van der Waals surface area contributed by atoms with Crippen molar-refractivity contribution in [2.24, 2.45) is 11.7 Å². The third-order valence-electron chi connectivity index (χ3n) is 5.46. The Bertz CT molecular complexity index is 670. The van der Waals surface area contributed by atoms with Crippen LogP contribution in [0.15, 0.2) is 4.90 Å². The Morgan fingerprint density at radius 3 is 1.83 bits per heavy atom. The van der Waals surface area contributed by atoms with Crippen LogP contribution in [0.3, 0.4) is 0 Å². The van der Waals surface area contributed by atoms with Gasteiger partial charge in [0.15, 0.2) is 0 Å². The van der Waals surface area contributed by atoms with E-state index in [0.29, 0.717) is 18.0 Å². The number of nitrogens with zero attached hydrogens (tertiary/aromatic N) is 1. The second kappa shape index (κ2) is 7.09. The third-order valence-corrected chi connectivity index (χ3v) is 7.60. The molecule has 1 aromatic rings. The summed E-state index contributed by atoms with van der Waals surface area (Å²) in [4.78, 5) is 0.499. The molecule has 0 radical (unpaired) electrons. The maximum absolute atomic E-state index is 13.1. The molecule has 132 valence electrons. The van der Waals surface area contributed by atoms with Crippen molar-refractivity contribution < 1.29 is 8.42 Å². The fraction of sp³-hybridized carbons (Fsp3) is 0.647. The average Bonchev–Trinajstić information content (AvgIpc) is 2.93. The molecule has 1 aromatic carbocycles. The molecule has 6 heteroatoms. The Hall–Kier alpha value is -0.620. The standard InChI is InChI=1S/C17H28N2O2S.ClH/c1-10-11(2)13(4)17(14(5)12(10)3)22(20,21)19-8-7-16(9-19)15(6)18;/h15-16H,7-9,18H2,1-6H3;1H. The smallest absolute Gasteiger partial charge is 0.243 e. The van der Waals surface area contributed by atoms with Gasteiger partial charge in [-0.3, -0.25) is 0 Å². The second-order valence-corrected chi connectivity index (χ2v) is 8.60. The van der Waals surface area contributed by atoms with Crippen LogP contribution in [0.1, 0.15) is 41.2 Å². The van der Waals surface area contributed by atoms with Gasteiger partial charge in [-0.2, -0.15) is 4.31 Å². The van der Waals surface area contributed by atoms with E-state index >= 15 is 0 Å². The molecule has 0 amide bonds. The Morgan fingerprint density at radius 1 is 1.00 bits per heavy atom. The SMILES string of the molecule is Cc1c(C)c(C)c(S(=O)(=O)N2CCC(C(C)N)C2)c(C)c1C.Cl. The van der Waals surface area contributed by atoms with Gasteiger partial charge in [0, 0.05) is 19.1 Å². The molecule has 0 aromatic heterocycles. The lowest BCUT2D eigenvalue weighted by Gasteiger charge is -2.23. The monoisotopic (exact) mass is 360 g/mol. The Morgan fingerprint density at radius 2 is 1.43 bits per heavy atom. The number of sulfonamides is 1. The van der Waals surface area contributed by atoms with Crippen LogP contribution < -0.4 is 5.73 Å². The summed E-state index contributed by atoms with van der Waals surface area (Å²) in [5.41, 5.74) is 11.0. The molecule has 2 N–H and O–H groups in total. The third kappa shape index (κ3) is 3.43. The van der Waals surface area contributed by atoms with E-state index in [9.17, 15) is 8.42 Å². The van der Waals surface area contributed by atoms with E-state index in [1.54, 1.807) is 4.31 Å². The molecule has 1 aliphatic rings. The summed E-state index contributed by atoms with van der Waals surface area (Å²) in [6, 6.07) is 0.0314. The lowest BCUT2D eigenvalue weighted by atomic mass is 9.95. The van der Waals surface area contributed by atoms with Crippen LogP contribution in [-0.2, 0) is 10.0 Å². The van der Waals surface area contributed by atoms with Gasteiger partial charge in [0.2, 0.25) is 10.0 Å². The quantitative estimate of drug-likeness (QED) is 0.901. The zero-order chi connectivity index (χ0) is 16.8. The van der Waals surface area contributed by atoms with Gasteiger partial charge >= 0.3 is 0 Å². The van der Waals surface area contributed by atoms with Crippen molar-refractivity contribution in [1.29, 1.82) is 0 Å². The molecule has 1 fully saturated rings. The van der Waals surface area contributed by atoms with Crippen LogP contribution in [0.5, 0.6) is 0 Å². The van der Waals surface area contributed by atoms with Gasteiger partial charge in [0.25, 0.3) is 0 Å². The fourth-order valence-corrected chi connectivity index (χ4v) is 5.45. The second-order valence-electron chi connectivity index (χ2n) is 6.73. The molecule has 1 aliphatic heterocycles. The van der Waals surface area contributed by atoms with Gasteiger partial charge in [-0.25, -0.2) is 8.42 Å². The molecule has 0 spiro atoms. The van der Waals surface area contributed by atoms with Crippen molar-refractivity contribution in [1.82, 2.24) is 4.31 Å². The van der Waals surface area contributed by atoms with Gasteiger partial charge in [-0.1, -0.05) is 0 Å². The molecule has 2 unspecified atom stereocenters. The van der Waals surface area contributed by atoms with Crippen LogP contribution in [-0.4, -0.2) is 31.9 Å². The lowest BCUT2D eigenvalue weighted by molar-refractivity contribution is 0.428. The summed E-state index contributed by atoms with van der Waals surface area (Å²) >= 11 is 0. The van der Waals surface area contributed by atoms with Crippen molar-refractivity contribution >= 4 is 22.4 Å². The molecular formula is C17H29ClN2O2S. The zero-order valence-corrected chi connectivity index (χ0v) is 16.6. The molecule has 1 heterocycles. The highest BCUT2D eigenvalue weighted by atomic mass is 35.5. The van der Waals surface area contributed by atoms with E-state index in [1.807, 2.05) is 34.6 Å². The van der Waals surface area contributed by atoms with Crippen LogP contribution in [0, 0.1) is 40.5 Å². The molecule has 0 aliphatic carbocycles. The topological polar surface area (TPSA) is 63.4 Å². The maximum Gasteiger partial charge on any atom is 0.243 e. The number of nitrogens with two attached hydrogens (primary N) is 1. The zero-order valence-electron chi connectivity index (χ0n) is 14.9. The van der Waals surface area contributed by atoms with Crippen LogP contribution in [0.2, 0.25) is 0 Å². The number of benzene rings is 1. The summed E-state index contributed by atoms with van der Waals surface area (Å²) in [6.45, 7) is 13.0. The van der Waals surface area contributed by atoms with Gasteiger partial charge in [-0.15, -0.1) is 12.4 Å². The molecule has 1 saturated heterocycles. The average molecular weight is 361 g/mol. The normalized spacial score (nSPS) is 20.4. The van der Waals surface area contributed by atoms with E-state index in [0.717, 1.165) is 28.7 Å². The van der Waals surface area contributed by atoms with Crippen molar-refractivity contribution in [3.8, 4) is 0 Å². The molecular weight excluding hydrogens is 332 g/mol. The Labute approximate surface area is 146 Å². The van der Waals surface area contributed by atoms with E-state index in [-0.39, 0.29) is 24.4 Å². The number of hydrogen-bond acceptors (Lipinski definition) is 3. The predicted octanol–water partition coefficient (Wildman–Crippen LogP) is 3.01. The van der Waals surface area contributed by atoms with Crippen LogP contribution >= 0.6 is 12.4 Å². The predicted molar refractivity (Wildman–Crippen MR) is 97.9 cm³/mol. The van der Waals surface area contributed by atoms with Gasteiger partial charge in [0.05, 0.1) is 4.90 Å². The van der Waals surface area contributed by atoms with Crippen molar-refractivity contribution in [3.05, 3.63) is 27.8 Å². The fourth-order valence-electron chi connectivity index (χ4n) is 3.38. The number of halogens is 1. The van der Waals surface area contributed by atoms with Gasteiger partial charge in [0.1, 0.15) is 0 Å². The first kappa shape index (κ1) is 20.4. The van der Waals surface area contributed by atoms with E-state index in [4.69, 9.17) is 5.73 Å². The molecule has 2 atom stereocenters. The Balaban J connectivity index is 0.00000264. The molecule has 4 nitrogen and oxygen atoms in total. The maximum atomic E-state index is 13.1.